The monoisotopic (exact) mass is 294 g/mol. The molecule has 114 valence electrons. The summed E-state index contributed by atoms with van der Waals surface area (Å²) < 4.78 is 39.1. The normalized spacial score (nSPS) is 18.4. The molecular weight excluding hydrogens is 277 g/mol. The zero-order valence-corrected chi connectivity index (χ0v) is 10.8. The predicted molar refractivity (Wildman–Crippen MR) is 64.9 cm³/mol. The Hall–Kier alpha value is -1.73. The number of hydrogen-bond acceptors (Lipinski definition) is 3. The number of nitrogens with one attached hydrogen (secondary N) is 2. The third-order valence-corrected chi connectivity index (χ3v) is 2.73. The number of ether oxygens (including phenoxy) is 1. The number of halogens is 3. The van der Waals surface area contributed by atoms with Gasteiger partial charge >= 0.3 is 12.3 Å². The van der Waals surface area contributed by atoms with Gasteiger partial charge in [0, 0.05) is 6.54 Å². The summed E-state index contributed by atoms with van der Waals surface area (Å²) in [5.41, 5.74) is 0. The van der Waals surface area contributed by atoms with Gasteiger partial charge in [-0.15, -0.1) is 0 Å². The first-order valence-corrected chi connectivity index (χ1v) is 6.26. The molecule has 0 heterocycles. The highest BCUT2D eigenvalue weighted by Crippen LogP contribution is 2.16. The standard InChI is InChI=1S/C12H17F3N2O3/c13-12(14,15)8-20-11(19)17-7-10(18)16-6-9-4-2-1-3-5-9/h1-2,9H,3-8H2,(H,16,18)(H,17,19). The van der Waals surface area contributed by atoms with Gasteiger partial charge in [0.2, 0.25) is 5.91 Å². The number of amides is 2. The molecule has 1 aliphatic carbocycles. The fourth-order valence-corrected chi connectivity index (χ4v) is 1.71. The quantitative estimate of drug-likeness (QED) is 0.759. The SMILES string of the molecule is O=C(CNC(=O)OCC(F)(F)F)NCC1CC=CCC1. The van der Waals surface area contributed by atoms with Crippen molar-refractivity contribution in [2.75, 3.05) is 19.7 Å². The topological polar surface area (TPSA) is 67.4 Å². The molecule has 8 heteroatoms. The van der Waals surface area contributed by atoms with Crippen molar-refractivity contribution in [1.29, 1.82) is 0 Å². The van der Waals surface area contributed by atoms with Gasteiger partial charge in [-0.2, -0.15) is 13.2 Å². The van der Waals surface area contributed by atoms with E-state index in [0.717, 1.165) is 19.3 Å². The van der Waals surface area contributed by atoms with Crippen molar-refractivity contribution in [3.05, 3.63) is 12.2 Å². The van der Waals surface area contributed by atoms with Crippen LogP contribution in [0.25, 0.3) is 0 Å². The molecule has 20 heavy (non-hydrogen) atoms. The lowest BCUT2D eigenvalue weighted by Crippen LogP contribution is -2.39. The van der Waals surface area contributed by atoms with Gasteiger partial charge in [-0.3, -0.25) is 4.79 Å². The summed E-state index contributed by atoms with van der Waals surface area (Å²) in [6.07, 6.45) is 1.14. The van der Waals surface area contributed by atoms with Crippen LogP contribution in [0.1, 0.15) is 19.3 Å². The highest BCUT2D eigenvalue weighted by Gasteiger charge is 2.29. The minimum absolute atomic E-state index is 0.362. The number of hydrogen-bond donors (Lipinski definition) is 2. The molecule has 0 aromatic rings. The summed E-state index contributed by atoms with van der Waals surface area (Å²) >= 11 is 0. The Balaban J connectivity index is 2.10. The van der Waals surface area contributed by atoms with Crippen molar-refractivity contribution in [2.24, 2.45) is 5.92 Å². The van der Waals surface area contributed by atoms with Gasteiger partial charge in [-0.1, -0.05) is 12.2 Å². The average molecular weight is 294 g/mol. The minimum atomic E-state index is -4.58. The van der Waals surface area contributed by atoms with E-state index < -0.39 is 31.3 Å². The summed E-state index contributed by atoms with van der Waals surface area (Å²) in [6, 6.07) is 0. The van der Waals surface area contributed by atoms with E-state index in [4.69, 9.17) is 0 Å². The molecule has 2 N–H and O–H groups in total. The van der Waals surface area contributed by atoms with Gasteiger partial charge in [0.25, 0.3) is 0 Å². The number of alkyl halides is 3. The van der Waals surface area contributed by atoms with E-state index in [2.05, 4.69) is 16.1 Å². The lowest BCUT2D eigenvalue weighted by atomic mass is 9.94. The zero-order valence-electron chi connectivity index (χ0n) is 10.8. The van der Waals surface area contributed by atoms with E-state index in [9.17, 15) is 22.8 Å². The van der Waals surface area contributed by atoms with Crippen LogP contribution in [0, 0.1) is 5.92 Å². The van der Waals surface area contributed by atoms with E-state index >= 15 is 0 Å². The number of alkyl carbamates (subject to hydrolysis) is 1. The molecule has 0 radical (unpaired) electrons. The highest BCUT2D eigenvalue weighted by atomic mass is 19.4. The summed E-state index contributed by atoms with van der Waals surface area (Å²) in [5, 5.41) is 4.57. The van der Waals surface area contributed by atoms with Gasteiger partial charge in [0.05, 0.1) is 6.54 Å². The van der Waals surface area contributed by atoms with Crippen LogP contribution in [0.2, 0.25) is 0 Å². The zero-order chi connectivity index (χ0) is 15.0. The fraction of sp³-hybridized carbons (Fsp3) is 0.667. The lowest BCUT2D eigenvalue weighted by molar-refractivity contribution is -0.160. The van der Waals surface area contributed by atoms with Gasteiger partial charge < -0.3 is 15.4 Å². The maximum atomic E-state index is 11.8. The minimum Gasteiger partial charge on any atom is -0.440 e. The summed E-state index contributed by atoms with van der Waals surface area (Å²) in [5.74, 6) is -0.0929. The highest BCUT2D eigenvalue weighted by molar-refractivity contribution is 5.82. The van der Waals surface area contributed by atoms with Crippen molar-refractivity contribution < 1.29 is 27.5 Å². The maximum Gasteiger partial charge on any atom is 0.422 e. The molecule has 1 unspecified atom stereocenters. The van der Waals surface area contributed by atoms with E-state index in [1.807, 2.05) is 11.4 Å². The molecule has 0 aliphatic heterocycles. The molecule has 0 fully saturated rings. The molecule has 1 aliphatic rings. The number of carbonyl (C=O) groups is 2. The third-order valence-electron chi connectivity index (χ3n) is 2.73. The van der Waals surface area contributed by atoms with Crippen LogP contribution in [0.3, 0.4) is 0 Å². The molecule has 5 nitrogen and oxygen atoms in total. The Bertz CT molecular complexity index is 369. The fourth-order valence-electron chi connectivity index (χ4n) is 1.71. The van der Waals surface area contributed by atoms with Crippen molar-refractivity contribution in [3.8, 4) is 0 Å². The van der Waals surface area contributed by atoms with Crippen LogP contribution in [0.4, 0.5) is 18.0 Å². The first kappa shape index (κ1) is 16.3. The van der Waals surface area contributed by atoms with Crippen molar-refractivity contribution in [2.45, 2.75) is 25.4 Å². The second-order valence-corrected chi connectivity index (χ2v) is 4.50. The summed E-state index contributed by atoms with van der Waals surface area (Å²) in [7, 11) is 0. The molecule has 0 saturated carbocycles. The summed E-state index contributed by atoms with van der Waals surface area (Å²) in [6.45, 7) is -1.59. The molecule has 0 spiro atoms. The maximum absolute atomic E-state index is 11.8. The molecule has 1 atom stereocenters. The van der Waals surface area contributed by atoms with Crippen LogP contribution in [0.5, 0.6) is 0 Å². The molecule has 0 aromatic heterocycles. The molecule has 0 aromatic carbocycles. The number of rotatable bonds is 5. The molecular formula is C12H17F3N2O3. The average Bonchev–Trinajstić information content (AvgIpc) is 2.41. The lowest BCUT2D eigenvalue weighted by Gasteiger charge is -2.18. The van der Waals surface area contributed by atoms with Crippen molar-refractivity contribution in [3.63, 3.8) is 0 Å². The number of allylic oxidation sites excluding steroid dienone is 2. The first-order valence-electron chi connectivity index (χ1n) is 6.26. The smallest absolute Gasteiger partial charge is 0.422 e. The summed E-state index contributed by atoms with van der Waals surface area (Å²) in [4.78, 5) is 22.2. The van der Waals surface area contributed by atoms with E-state index in [0.29, 0.717) is 12.5 Å². The number of carbonyl (C=O) groups excluding carboxylic acids is 2. The Kier molecular flexibility index (Phi) is 6.33. The van der Waals surface area contributed by atoms with Gasteiger partial charge in [-0.05, 0) is 25.2 Å². The Morgan fingerprint density at radius 2 is 2.00 bits per heavy atom. The third kappa shape index (κ3) is 7.65. The van der Waals surface area contributed by atoms with Gasteiger partial charge in [0.1, 0.15) is 0 Å². The Morgan fingerprint density at radius 1 is 1.25 bits per heavy atom. The van der Waals surface area contributed by atoms with Crippen LogP contribution in [0.15, 0.2) is 12.2 Å². The molecule has 0 saturated heterocycles. The van der Waals surface area contributed by atoms with Gasteiger partial charge in [-0.25, -0.2) is 4.79 Å². The van der Waals surface area contributed by atoms with Crippen molar-refractivity contribution in [1.82, 2.24) is 10.6 Å². The van der Waals surface area contributed by atoms with Crippen LogP contribution < -0.4 is 10.6 Å². The van der Waals surface area contributed by atoms with Crippen LogP contribution in [-0.4, -0.2) is 37.9 Å². The van der Waals surface area contributed by atoms with Gasteiger partial charge in [0.15, 0.2) is 6.61 Å². The molecule has 0 bridgehead atoms. The predicted octanol–water partition coefficient (Wildman–Crippen LogP) is 1.75. The molecule has 2 amide bonds. The van der Waals surface area contributed by atoms with Crippen LogP contribution in [-0.2, 0) is 9.53 Å². The first-order chi connectivity index (χ1) is 9.37. The Labute approximate surface area is 114 Å². The largest absolute Gasteiger partial charge is 0.440 e. The second kappa shape index (κ2) is 7.76. The van der Waals surface area contributed by atoms with Crippen LogP contribution >= 0.6 is 0 Å². The van der Waals surface area contributed by atoms with E-state index in [1.54, 1.807) is 0 Å². The van der Waals surface area contributed by atoms with Crippen molar-refractivity contribution >= 4 is 12.0 Å². The Morgan fingerprint density at radius 3 is 2.60 bits per heavy atom. The van der Waals surface area contributed by atoms with E-state index in [1.165, 1.54) is 0 Å². The second-order valence-electron chi connectivity index (χ2n) is 4.50. The van der Waals surface area contributed by atoms with E-state index in [-0.39, 0.29) is 0 Å². The molecule has 1 rings (SSSR count).